The van der Waals surface area contributed by atoms with Crippen LogP contribution in [-0.4, -0.2) is 38.8 Å². The van der Waals surface area contributed by atoms with Crippen molar-refractivity contribution in [2.75, 3.05) is 23.7 Å². The molecular weight excluding hydrogens is 457 g/mol. The maximum atomic E-state index is 12.9. The summed E-state index contributed by atoms with van der Waals surface area (Å²) in [6.07, 6.45) is 0.874. The quantitative estimate of drug-likeness (QED) is 0.493. The number of nitrogens with one attached hydrogen (secondary N) is 2. The lowest BCUT2D eigenvalue weighted by Crippen LogP contribution is -2.18. The van der Waals surface area contributed by atoms with E-state index in [4.69, 9.17) is 4.98 Å². The molecule has 4 rings (SSSR count). The van der Waals surface area contributed by atoms with Gasteiger partial charge in [0.2, 0.25) is 0 Å². The third-order valence-corrected chi connectivity index (χ3v) is 7.08. The van der Waals surface area contributed by atoms with E-state index >= 15 is 0 Å². The summed E-state index contributed by atoms with van der Waals surface area (Å²) < 4.78 is 69.3. The van der Waals surface area contributed by atoms with Gasteiger partial charge in [0, 0.05) is 20.0 Å². The van der Waals surface area contributed by atoms with Crippen LogP contribution in [0.25, 0.3) is 11.0 Å². The second-order valence-corrected chi connectivity index (χ2v) is 10.0. The molecule has 1 aliphatic carbocycles. The molecule has 11 heteroatoms. The number of aromatic amines is 1. The Labute approximate surface area is 190 Å². The molecule has 0 aliphatic heterocycles. The third kappa shape index (κ3) is 5.35. The van der Waals surface area contributed by atoms with Crippen LogP contribution < -0.4 is 14.4 Å². The zero-order chi connectivity index (χ0) is 23.8. The number of alkyl halides is 3. The van der Waals surface area contributed by atoms with Gasteiger partial charge >= 0.3 is 6.36 Å². The monoisotopic (exact) mass is 482 g/mol. The zero-order valence-electron chi connectivity index (χ0n) is 18.2. The van der Waals surface area contributed by atoms with Crippen molar-refractivity contribution in [1.82, 2.24) is 9.97 Å². The molecule has 2 N–H and O–H groups in total. The lowest BCUT2D eigenvalue weighted by molar-refractivity contribution is -0.274. The van der Waals surface area contributed by atoms with E-state index in [-0.39, 0.29) is 4.90 Å². The second kappa shape index (κ2) is 8.77. The number of anilines is 2. The fourth-order valence-electron chi connectivity index (χ4n) is 4.11. The van der Waals surface area contributed by atoms with Crippen LogP contribution >= 0.6 is 0 Å². The summed E-state index contributed by atoms with van der Waals surface area (Å²) >= 11 is 0. The van der Waals surface area contributed by atoms with Crippen LogP contribution in [-0.2, 0) is 10.0 Å². The van der Waals surface area contributed by atoms with Gasteiger partial charge in [0.05, 0.1) is 27.3 Å². The first-order valence-corrected chi connectivity index (χ1v) is 12.1. The summed E-state index contributed by atoms with van der Waals surface area (Å²) in [6.45, 7) is 0. The number of hydrogen-bond donors (Lipinski definition) is 2. The first-order chi connectivity index (χ1) is 15.5. The molecule has 0 atom stereocenters. The number of H-pyrrole nitrogens is 1. The van der Waals surface area contributed by atoms with Crippen molar-refractivity contribution < 1.29 is 26.3 Å². The Hall–Kier alpha value is -2.95. The number of rotatable bonds is 6. The Bertz CT molecular complexity index is 1230. The average molecular weight is 483 g/mol. The van der Waals surface area contributed by atoms with Crippen molar-refractivity contribution in [2.45, 2.75) is 49.3 Å². The Morgan fingerprint density at radius 2 is 1.76 bits per heavy atom. The van der Waals surface area contributed by atoms with E-state index in [0.29, 0.717) is 22.8 Å². The molecule has 0 radical (unpaired) electrons. The Kier molecular flexibility index (Phi) is 6.17. The Balaban J connectivity index is 1.64. The number of aromatic nitrogens is 2. The van der Waals surface area contributed by atoms with Crippen molar-refractivity contribution in [3.05, 3.63) is 42.2 Å². The minimum Gasteiger partial charge on any atom is -0.406 e. The van der Waals surface area contributed by atoms with Crippen LogP contribution in [0.4, 0.5) is 24.5 Å². The molecule has 0 amide bonds. The smallest absolute Gasteiger partial charge is 0.406 e. The van der Waals surface area contributed by atoms with Gasteiger partial charge in [-0.25, -0.2) is 13.4 Å². The molecule has 1 fully saturated rings. The van der Waals surface area contributed by atoms with Crippen molar-refractivity contribution >= 4 is 32.4 Å². The van der Waals surface area contributed by atoms with E-state index in [2.05, 4.69) is 14.4 Å². The van der Waals surface area contributed by atoms with E-state index < -0.39 is 22.1 Å². The van der Waals surface area contributed by atoms with E-state index in [0.717, 1.165) is 48.4 Å². The molecule has 1 heterocycles. The van der Waals surface area contributed by atoms with Gasteiger partial charge in [-0.1, -0.05) is 19.3 Å². The summed E-state index contributed by atoms with van der Waals surface area (Å²) in [6, 6.07) is 7.56. The van der Waals surface area contributed by atoms with Crippen LogP contribution in [0.3, 0.4) is 0 Å². The SMILES string of the molecule is CN(C)c1cc2nc(C3CCCCC3)[nH]c2cc1NS(=O)(=O)c1ccc(OC(F)(F)F)cc1. The minimum absolute atomic E-state index is 0.186. The molecule has 0 bridgehead atoms. The highest BCUT2D eigenvalue weighted by Gasteiger charge is 2.31. The number of hydrogen-bond acceptors (Lipinski definition) is 5. The standard InChI is InChI=1S/C22H25F3N4O3S/c1-29(2)20-13-18-17(26-21(27-18)14-6-4-3-5-7-14)12-19(20)28-33(30,31)16-10-8-15(9-11-16)32-22(23,24)25/h8-14,28H,3-7H2,1-2H3,(H,26,27). The van der Waals surface area contributed by atoms with E-state index in [1.54, 1.807) is 25.1 Å². The van der Waals surface area contributed by atoms with Gasteiger partial charge in [-0.3, -0.25) is 4.72 Å². The second-order valence-electron chi connectivity index (χ2n) is 8.36. The maximum absolute atomic E-state index is 12.9. The fourth-order valence-corrected chi connectivity index (χ4v) is 5.18. The zero-order valence-corrected chi connectivity index (χ0v) is 19.1. The number of sulfonamides is 1. The fraction of sp³-hybridized carbons (Fsp3) is 0.409. The van der Waals surface area contributed by atoms with E-state index in [1.807, 2.05) is 6.07 Å². The highest BCUT2D eigenvalue weighted by atomic mass is 32.2. The molecule has 33 heavy (non-hydrogen) atoms. The molecule has 3 aromatic rings. The van der Waals surface area contributed by atoms with E-state index in [1.165, 1.54) is 19.3 Å². The summed E-state index contributed by atoms with van der Waals surface area (Å²) in [7, 11) is -0.483. The van der Waals surface area contributed by atoms with Crippen molar-refractivity contribution in [1.29, 1.82) is 0 Å². The molecule has 178 valence electrons. The molecule has 1 aliphatic rings. The van der Waals surface area contributed by atoms with Gasteiger partial charge < -0.3 is 14.6 Å². The number of ether oxygens (including phenoxy) is 1. The lowest BCUT2D eigenvalue weighted by Gasteiger charge is -2.19. The van der Waals surface area contributed by atoms with Gasteiger partial charge in [0.15, 0.2) is 0 Å². The molecule has 2 aromatic carbocycles. The van der Waals surface area contributed by atoms with Crippen LogP contribution in [0, 0.1) is 0 Å². The van der Waals surface area contributed by atoms with Gasteiger partial charge in [0.25, 0.3) is 10.0 Å². The summed E-state index contributed by atoms with van der Waals surface area (Å²) in [5.74, 6) is 0.783. The number of imidazole rings is 1. The van der Waals surface area contributed by atoms with Crippen molar-refractivity contribution in [2.24, 2.45) is 0 Å². The van der Waals surface area contributed by atoms with E-state index in [9.17, 15) is 21.6 Å². The molecule has 7 nitrogen and oxygen atoms in total. The van der Waals surface area contributed by atoms with Crippen molar-refractivity contribution in [3.63, 3.8) is 0 Å². The van der Waals surface area contributed by atoms with Crippen LogP contribution in [0.5, 0.6) is 5.75 Å². The van der Waals surface area contributed by atoms with Gasteiger partial charge in [-0.2, -0.15) is 0 Å². The summed E-state index contributed by atoms with van der Waals surface area (Å²) in [5.41, 5.74) is 2.41. The average Bonchev–Trinajstić information content (AvgIpc) is 3.16. The molecule has 1 saturated carbocycles. The minimum atomic E-state index is -4.85. The number of nitrogens with zero attached hydrogens (tertiary/aromatic N) is 2. The number of benzene rings is 2. The highest BCUT2D eigenvalue weighted by molar-refractivity contribution is 7.92. The van der Waals surface area contributed by atoms with Crippen LogP contribution in [0.1, 0.15) is 43.8 Å². The molecule has 1 aromatic heterocycles. The normalized spacial score (nSPS) is 15.5. The number of fused-ring (bicyclic) bond motifs is 1. The molecule has 0 unspecified atom stereocenters. The molecular formula is C22H25F3N4O3S. The lowest BCUT2D eigenvalue weighted by atomic mass is 9.89. The van der Waals surface area contributed by atoms with Gasteiger partial charge in [-0.15, -0.1) is 13.2 Å². The maximum Gasteiger partial charge on any atom is 0.573 e. The predicted octanol–water partition coefficient (Wildman–Crippen LogP) is 5.38. The first kappa shape index (κ1) is 23.2. The van der Waals surface area contributed by atoms with Crippen LogP contribution in [0.15, 0.2) is 41.3 Å². The largest absolute Gasteiger partial charge is 0.573 e. The summed E-state index contributed by atoms with van der Waals surface area (Å²) in [5, 5.41) is 0. The molecule has 0 spiro atoms. The highest BCUT2D eigenvalue weighted by Crippen LogP contribution is 2.35. The predicted molar refractivity (Wildman–Crippen MR) is 120 cm³/mol. The van der Waals surface area contributed by atoms with Gasteiger partial charge in [0.1, 0.15) is 11.6 Å². The topological polar surface area (TPSA) is 87.3 Å². The van der Waals surface area contributed by atoms with Crippen LogP contribution in [0.2, 0.25) is 0 Å². The Morgan fingerprint density at radius 1 is 1.09 bits per heavy atom. The first-order valence-electron chi connectivity index (χ1n) is 10.6. The summed E-state index contributed by atoms with van der Waals surface area (Å²) in [4.78, 5) is 9.67. The van der Waals surface area contributed by atoms with Crippen molar-refractivity contribution in [3.8, 4) is 5.75 Å². The van der Waals surface area contributed by atoms with Gasteiger partial charge in [-0.05, 0) is 49.2 Å². The Morgan fingerprint density at radius 3 is 2.36 bits per heavy atom. The third-order valence-electron chi connectivity index (χ3n) is 5.70. The number of halogens is 3. The molecule has 0 saturated heterocycles.